The first kappa shape index (κ1) is 14.6. The molecule has 1 saturated carbocycles. The van der Waals surface area contributed by atoms with Gasteiger partial charge in [-0.25, -0.2) is 0 Å². The van der Waals surface area contributed by atoms with E-state index in [1.54, 1.807) is 0 Å². The fourth-order valence-corrected chi connectivity index (χ4v) is 4.04. The van der Waals surface area contributed by atoms with Crippen LogP contribution in [0, 0.1) is 11.3 Å². The van der Waals surface area contributed by atoms with Gasteiger partial charge >= 0.3 is 0 Å². The van der Waals surface area contributed by atoms with Crippen LogP contribution in [-0.2, 0) is 0 Å². The van der Waals surface area contributed by atoms with Gasteiger partial charge in [-0.3, -0.25) is 4.79 Å². The van der Waals surface area contributed by atoms with Gasteiger partial charge in [0.2, 0.25) is 0 Å². The van der Waals surface area contributed by atoms with Crippen molar-refractivity contribution < 1.29 is 4.79 Å². The van der Waals surface area contributed by atoms with Gasteiger partial charge in [0.05, 0.1) is 0 Å². The lowest BCUT2D eigenvalue weighted by atomic mass is 9.62. The largest absolute Gasteiger partial charge is 0.333 e. The number of rotatable bonds is 1. The number of nitrogens with zero attached hydrogens (tertiary/aromatic N) is 1. The first-order chi connectivity index (χ1) is 9.92. The fourth-order valence-electron chi connectivity index (χ4n) is 4.04. The maximum Gasteiger partial charge on any atom is 0.254 e. The Morgan fingerprint density at radius 1 is 1.19 bits per heavy atom. The lowest BCUT2D eigenvalue weighted by molar-refractivity contribution is -0.0420. The van der Waals surface area contributed by atoms with E-state index in [4.69, 9.17) is 0 Å². The van der Waals surface area contributed by atoms with Gasteiger partial charge in [0.1, 0.15) is 0 Å². The van der Waals surface area contributed by atoms with E-state index in [0.717, 1.165) is 24.4 Å². The summed E-state index contributed by atoms with van der Waals surface area (Å²) in [6, 6.07) is 9.79. The smallest absolute Gasteiger partial charge is 0.254 e. The lowest BCUT2D eigenvalue weighted by Gasteiger charge is -2.57. The van der Waals surface area contributed by atoms with Crippen LogP contribution in [-0.4, -0.2) is 22.9 Å². The molecular formula is C19H27NO. The summed E-state index contributed by atoms with van der Waals surface area (Å²) in [5, 5.41) is 0. The van der Waals surface area contributed by atoms with E-state index in [2.05, 4.69) is 25.7 Å². The predicted octanol–water partition coefficient (Wildman–Crippen LogP) is 4.51. The second-order valence-corrected chi connectivity index (χ2v) is 7.96. The van der Waals surface area contributed by atoms with Gasteiger partial charge in [-0.2, -0.15) is 0 Å². The summed E-state index contributed by atoms with van der Waals surface area (Å²) in [5.41, 5.74) is 1.35. The number of hydrogen-bond donors (Lipinski definition) is 0. The third-order valence-electron chi connectivity index (χ3n) is 5.68. The highest BCUT2D eigenvalue weighted by Crippen LogP contribution is 2.50. The molecule has 2 nitrogen and oxygen atoms in total. The fraction of sp³-hybridized carbons (Fsp3) is 0.632. The number of benzene rings is 1. The highest BCUT2D eigenvalue weighted by Gasteiger charge is 2.50. The first-order valence-electron chi connectivity index (χ1n) is 8.29. The molecule has 21 heavy (non-hydrogen) atoms. The minimum absolute atomic E-state index is 0.156. The van der Waals surface area contributed by atoms with Crippen LogP contribution in [0.5, 0.6) is 0 Å². The van der Waals surface area contributed by atoms with Gasteiger partial charge in [0.15, 0.2) is 0 Å². The molecule has 0 radical (unpaired) electrons. The summed E-state index contributed by atoms with van der Waals surface area (Å²) >= 11 is 0. The molecule has 1 aromatic rings. The maximum absolute atomic E-state index is 12.9. The minimum Gasteiger partial charge on any atom is -0.333 e. The zero-order valence-corrected chi connectivity index (χ0v) is 13.6. The van der Waals surface area contributed by atoms with Crippen LogP contribution in [0.3, 0.4) is 0 Å². The van der Waals surface area contributed by atoms with E-state index >= 15 is 0 Å². The van der Waals surface area contributed by atoms with Gasteiger partial charge in [-0.15, -0.1) is 0 Å². The maximum atomic E-state index is 12.9. The summed E-state index contributed by atoms with van der Waals surface area (Å²) in [4.78, 5) is 15.1. The monoisotopic (exact) mass is 285 g/mol. The number of carbonyl (C=O) groups excluding carboxylic acids is 1. The Morgan fingerprint density at radius 2 is 1.86 bits per heavy atom. The number of piperidine rings is 1. The predicted molar refractivity (Wildman–Crippen MR) is 86.2 cm³/mol. The van der Waals surface area contributed by atoms with E-state index < -0.39 is 0 Å². The molecule has 2 heteroatoms. The second-order valence-electron chi connectivity index (χ2n) is 7.96. The Morgan fingerprint density at radius 3 is 2.38 bits per heavy atom. The van der Waals surface area contributed by atoms with Gasteiger partial charge in [0, 0.05) is 17.6 Å². The third kappa shape index (κ3) is 2.61. The molecule has 1 saturated heterocycles. The van der Waals surface area contributed by atoms with Gasteiger partial charge in [0.25, 0.3) is 5.91 Å². The van der Waals surface area contributed by atoms with Crippen molar-refractivity contribution in [3.05, 3.63) is 35.9 Å². The highest BCUT2D eigenvalue weighted by atomic mass is 16.2. The molecule has 1 atom stereocenters. The lowest BCUT2D eigenvalue weighted by Crippen LogP contribution is -2.61. The van der Waals surface area contributed by atoms with E-state index in [-0.39, 0.29) is 11.4 Å². The van der Waals surface area contributed by atoms with Crippen LogP contribution in [0.1, 0.15) is 63.2 Å². The van der Waals surface area contributed by atoms with Crippen LogP contribution in [0.15, 0.2) is 30.3 Å². The van der Waals surface area contributed by atoms with Crippen LogP contribution >= 0.6 is 0 Å². The molecule has 1 spiro atoms. The molecule has 0 aromatic heterocycles. The summed E-state index contributed by atoms with van der Waals surface area (Å²) in [6.07, 6.45) is 5.99. The van der Waals surface area contributed by atoms with E-state index in [9.17, 15) is 4.79 Å². The van der Waals surface area contributed by atoms with Crippen molar-refractivity contribution in [1.29, 1.82) is 0 Å². The Balaban J connectivity index is 1.82. The Hall–Kier alpha value is -1.31. The first-order valence-corrected chi connectivity index (χ1v) is 8.29. The molecule has 1 heterocycles. The summed E-state index contributed by atoms with van der Waals surface area (Å²) in [7, 11) is 0. The molecule has 3 rings (SSSR count). The quantitative estimate of drug-likeness (QED) is 0.743. The van der Waals surface area contributed by atoms with Crippen molar-refractivity contribution in [1.82, 2.24) is 4.90 Å². The molecule has 1 aliphatic carbocycles. The van der Waals surface area contributed by atoms with Gasteiger partial charge < -0.3 is 4.90 Å². The number of likely N-dealkylation sites (tertiary alicyclic amines) is 1. The normalized spacial score (nSPS) is 24.7. The summed E-state index contributed by atoms with van der Waals surface area (Å²) in [5.74, 6) is 0.972. The minimum atomic E-state index is 0.156. The molecule has 1 aromatic carbocycles. The molecule has 1 amide bonds. The van der Waals surface area contributed by atoms with E-state index in [1.165, 1.54) is 25.7 Å². The van der Waals surface area contributed by atoms with Crippen molar-refractivity contribution in [2.45, 2.75) is 58.4 Å². The van der Waals surface area contributed by atoms with E-state index in [1.807, 2.05) is 30.3 Å². The van der Waals surface area contributed by atoms with Crippen molar-refractivity contribution >= 4 is 5.91 Å². The molecule has 0 bridgehead atoms. The molecule has 2 aliphatic rings. The molecule has 0 unspecified atom stereocenters. The third-order valence-corrected chi connectivity index (χ3v) is 5.68. The van der Waals surface area contributed by atoms with Crippen LogP contribution < -0.4 is 0 Å². The van der Waals surface area contributed by atoms with Gasteiger partial charge in [-0.05, 0) is 55.6 Å². The highest BCUT2D eigenvalue weighted by molar-refractivity contribution is 5.94. The molecule has 0 N–H and O–H groups in total. The Kier molecular flexibility index (Phi) is 3.59. The Labute approximate surface area is 128 Å². The van der Waals surface area contributed by atoms with E-state index in [0.29, 0.717) is 5.41 Å². The molecule has 2 fully saturated rings. The SMILES string of the molecule is CC(C)(C)[C@H]1CCN(C(=O)c2ccccc2)C2(CCC2)C1. The van der Waals surface area contributed by atoms with Crippen molar-refractivity contribution in [3.63, 3.8) is 0 Å². The number of amides is 1. The van der Waals surface area contributed by atoms with Gasteiger partial charge in [-0.1, -0.05) is 39.0 Å². The average Bonchev–Trinajstić information content (AvgIpc) is 2.44. The molecule has 1 aliphatic heterocycles. The molecular weight excluding hydrogens is 258 g/mol. The standard InChI is InChI=1S/C19H27NO/c1-18(2,3)16-10-13-20(19(14-16)11-7-12-19)17(21)15-8-5-4-6-9-15/h4-6,8-9,16H,7,10-14H2,1-3H3/t16-/m0/s1. The average molecular weight is 285 g/mol. The van der Waals surface area contributed by atoms with Crippen molar-refractivity contribution in [2.24, 2.45) is 11.3 Å². The van der Waals surface area contributed by atoms with Crippen LogP contribution in [0.4, 0.5) is 0 Å². The van der Waals surface area contributed by atoms with Crippen LogP contribution in [0.25, 0.3) is 0 Å². The summed E-state index contributed by atoms with van der Waals surface area (Å²) in [6.45, 7) is 7.96. The summed E-state index contributed by atoms with van der Waals surface area (Å²) < 4.78 is 0. The number of hydrogen-bond acceptors (Lipinski definition) is 1. The topological polar surface area (TPSA) is 20.3 Å². The zero-order valence-electron chi connectivity index (χ0n) is 13.6. The second kappa shape index (κ2) is 5.15. The zero-order chi connectivity index (χ0) is 15.1. The van der Waals surface area contributed by atoms with Crippen molar-refractivity contribution in [2.75, 3.05) is 6.54 Å². The number of carbonyl (C=O) groups is 1. The molecule has 114 valence electrons. The van der Waals surface area contributed by atoms with Crippen LogP contribution in [0.2, 0.25) is 0 Å². The Bertz CT molecular complexity index is 510. The van der Waals surface area contributed by atoms with Crippen molar-refractivity contribution in [3.8, 4) is 0 Å².